The topological polar surface area (TPSA) is 0 Å². The maximum absolute atomic E-state index is 3.39. The van der Waals surface area contributed by atoms with Gasteiger partial charge in [-0.3, -0.25) is 0 Å². The molecule has 0 heterocycles. The van der Waals surface area contributed by atoms with E-state index in [4.69, 9.17) is 0 Å². The lowest BCUT2D eigenvalue weighted by molar-refractivity contribution is 1.46. The van der Waals surface area contributed by atoms with Crippen LogP contribution in [0.25, 0.3) is 0 Å². The Morgan fingerprint density at radius 3 is 2.25 bits per heavy atom. The molecule has 12 heavy (non-hydrogen) atoms. The molecular weight excluding hydrogens is 244 g/mol. The zero-order valence-corrected chi connectivity index (χ0v) is 11.3. The van der Waals surface area contributed by atoms with Crippen LogP contribution in [0.15, 0.2) is 29.2 Å². The molecule has 1 radical (unpaired) electrons. The van der Waals surface area contributed by atoms with E-state index in [0.29, 0.717) is 0 Å². The first kappa shape index (κ1) is 12.8. The first-order valence-corrected chi connectivity index (χ1v) is 10.0. The zero-order valence-electron chi connectivity index (χ0n) is 7.51. The summed E-state index contributed by atoms with van der Waals surface area (Å²) in [6.07, 6.45) is 2.06. The highest BCUT2D eigenvalue weighted by molar-refractivity contribution is 9.23. The molecule has 0 bridgehead atoms. The summed E-state index contributed by atoms with van der Waals surface area (Å²) in [5.74, 6) is 0. The smallest absolute Gasteiger partial charge is 0.307 e. The number of benzene rings is 1. The van der Waals surface area contributed by atoms with Gasteiger partial charge in [0.15, 0.2) is 0 Å². The fourth-order valence-electron chi connectivity index (χ4n) is 0.508. The van der Waals surface area contributed by atoms with E-state index >= 15 is 0 Å². The molecule has 1 rings (SSSR count). The van der Waals surface area contributed by atoms with Gasteiger partial charge in [0, 0.05) is 4.90 Å². The van der Waals surface area contributed by atoms with E-state index < -0.39 is 0 Å². The van der Waals surface area contributed by atoms with Crippen molar-refractivity contribution in [1.29, 1.82) is 0 Å². The Bertz CT molecular complexity index is 177. The van der Waals surface area contributed by atoms with Crippen LogP contribution in [0.3, 0.4) is 0 Å². The third kappa shape index (κ3) is 7.46. The van der Waals surface area contributed by atoms with Gasteiger partial charge < -0.3 is 12.9 Å². The van der Waals surface area contributed by atoms with Crippen molar-refractivity contribution in [3.05, 3.63) is 30.3 Å². The minimum Gasteiger partial charge on any atom is -0.307 e. The molecular formula is C9H12BrMgS. The minimum absolute atomic E-state index is 0.237. The molecule has 0 aliphatic carbocycles. The molecule has 0 atom stereocenters. The summed E-state index contributed by atoms with van der Waals surface area (Å²) in [4.78, 5) is 1.30. The van der Waals surface area contributed by atoms with Gasteiger partial charge in [-0.15, -0.1) is 16.3 Å². The highest BCUT2D eigenvalue weighted by Crippen LogP contribution is 2.11. The third-order valence-electron chi connectivity index (χ3n) is 1.11. The second kappa shape index (κ2) is 9.90. The van der Waals surface area contributed by atoms with Crippen LogP contribution in [0.4, 0.5) is 0 Å². The highest BCUT2D eigenvalue weighted by atomic mass is 79.9. The lowest BCUT2D eigenvalue weighted by Crippen LogP contribution is -1.63. The highest BCUT2D eigenvalue weighted by Gasteiger charge is 1.80. The lowest BCUT2D eigenvalue weighted by atomic mass is 10.4. The number of hydrogen-bond donors (Lipinski definition) is 0. The van der Waals surface area contributed by atoms with E-state index in [1.165, 1.54) is 9.45 Å². The first-order valence-electron chi connectivity index (χ1n) is 3.91. The Labute approximate surface area is 95.1 Å². The second-order valence-electron chi connectivity index (χ2n) is 2.13. The van der Waals surface area contributed by atoms with E-state index in [-0.39, 0.29) is 18.2 Å². The van der Waals surface area contributed by atoms with E-state index in [0.717, 1.165) is 0 Å². The summed E-state index contributed by atoms with van der Waals surface area (Å²) in [5.41, 5.74) is 0. The molecule has 0 saturated heterocycles. The van der Waals surface area contributed by atoms with Crippen LogP contribution >= 0.6 is 24.6 Å². The molecule has 63 valence electrons. The summed E-state index contributed by atoms with van der Waals surface area (Å²) >= 11 is 5.37. The van der Waals surface area contributed by atoms with Gasteiger partial charge in [-0.25, -0.2) is 0 Å². The molecule has 0 fully saturated rings. The number of thioether (sulfide) groups is 1. The van der Waals surface area contributed by atoms with Crippen LogP contribution in [0.2, 0.25) is 4.55 Å². The predicted molar refractivity (Wildman–Crippen MR) is 62.2 cm³/mol. The predicted octanol–water partition coefficient (Wildman–Crippen LogP) is 3.65. The van der Waals surface area contributed by atoms with Gasteiger partial charge >= 0.3 is 18.2 Å². The van der Waals surface area contributed by atoms with Gasteiger partial charge in [0.1, 0.15) is 0 Å². The van der Waals surface area contributed by atoms with Gasteiger partial charge in [0.05, 0.1) is 0 Å². The molecule has 3 heteroatoms. The van der Waals surface area contributed by atoms with Crippen LogP contribution < -0.4 is 0 Å². The number of rotatable bonds is 2. The maximum Gasteiger partial charge on any atom is 0.468 e. The number of halogens is 1. The van der Waals surface area contributed by atoms with E-state index in [1.54, 1.807) is 11.8 Å². The Kier molecular flexibility index (Phi) is 10.6. The third-order valence-corrected chi connectivity index (χ3v) is 4.61. The largest absolute Gasteiger partial charge is 0.468 e. The molecule has 0 aliphatic heterocycles. The van der Waals surface area contributed by atoms with E-state index in [2.05, 4.69) is 32.1 Å². The molecule has 0 spiro atoms. The molecule has 1 aromatic rings. The normalized spacial score (nSPS) is 7.92. The van der Waals surface area contributed by atoms with Crippen molar-refractivity contribution >= 4 is 42.8 Å². The van der Waals surface area contributed by atoms with Crippen molar-refractivity contribution < 1.29 is 0 Å². The van der Waals surface area contributed by atoms with Gasteiger partial charge in [-0.05, 0) is 24.5 Å². The first-order chi connectivity index (χ1) is 5.85. The summed E-state index contributed by atoms with van der Waals surface area (Å²) in [6, 6.07) is 10.9. The Morgan fingerprint density at radius 1 is 1.50 bits per heavy atom. The Hall–Kier alpha value is 0.816. The van der Waals surface area contributed by atoms with Crippen LogP contribution in [0, 0.1) is 6.07 Å². The average Bonchev–Trinajstić information content (AvgIpc) is 2.19. The Morgan fingerprint density at radius 2 is 2.00 bits per heavy atom. The second-order valence-corrected chi connectivity index (χ2v) is 6.77. The monoisotopic (exact) mass is 255 g/mol. The van der Waals surface area contributed by atoms with Gasteiger partial charge in [0.2, 0.25) is 0 Å². The van der Waals surface area contributed by atoms with Crippen LogP contribution in [0.1, 0.15) is 6.92 Å². The van der Waals surface area contributed by atoms with Crippen molar-refractivity contribution in [2.45, 2.75) is 16.4 Å². The molecule has 0 saturated carbocycles. The maximum atomic E-state index is 3.39. The van der Waals surface area contributed by atoms with Crippen LogP contribution in [0.5, 0.6) is 0 Å². The molecule has 0 N–H and O–H groups in total. The van der Waals surface area contributed by atoms with Crippen molar-refractivity contribution in [3.63, 3.8) is 0 Å². The fraction of sp³-hybridized carbons (Fsp3) is 0.333. The van der Waals surface area contributed by atoms with E-state index in [9.17, 15) is 0 Å². The summed E-state index contributed by atoms with van der Waals surface area (Å²) in [6.45, 7) is 2.20. The average molecular weight is 256 g/mol. The summed E-state index contributed by atoms with van der Waals surface area (Å²) < 4.78 is 1.38. The van der Waals surface area contributed by atoms with E-state index in [1.807, 2.05) is 24.3 Å². The molecule has 0 aliphatic rings. The minimum atomic E-state index is 0.237. The van der Waals surface area contributed by atoms with Gasteiger partial charge in [0.25, 0.3) is 0 Å². The molecule has 0 amide bonds. The van der Waals surface area contributed by atoms with Crippen molar-refractivity contribution in [1.82, 2.24) is 0 Å². The van der Waals surface area contributed by atoms with Gasteiger partial charge in [-0.1, -0.05) is 19.1 Å². The molecule has 1 aromatic carbocycles. The molecule has 0 nitrogen and oxygen atoms in total. The quantitative estimate of drug-likeness (QED) is 0.575. The lowest BCUT2D eigenvalue weighted by Gasteiger charge is -1.88. The molecule has 0 unspecified atom stereocenters. The standard InChI is InChI=1S/C7H7S.C2H5.BrH.Mg/c1-8-7-5-3-2-4-6-7;1-2;;/h3-6H,1H3;1H2,2H3;1H;/q;;;+1/p-1. The van der Waals surface area contributed by atoms with Crippen molar-refractivity contribution in [3.8, 4) is 0 Å². The summed E-state index contributed by atoms with van der Waals surface area (Å²) in [7, 11) is 0. The van der Waals surface area contributed by atoms with Gasteiger partial charge in [-0.2, -0.15) is 0 Å². The fourth-order valence-corrected chi connectivity index (χ4v) is 0.916. The molecule has 0 aromatic heterocycles. The van der Waals surface area contributed by atoms with Crippen LogP contribution in [-0.2, 0) is 0 Å². The van der Waals surface area contributed by atoms with Crippen LogP contribution in [-0.4, -0.2) is 24.4 Å². The SMILES string of the molecule is CSc1cc[c]cc1.C[CH2][Mg][Br]. The zero-order chi connectivity index (χ0) is 9.23. The number of hydrogen-bond acceptors (Lipinski definition) is 1. The Balaban J connectivity index is 0.000000261. The summed E-state index contributed by atoms with van der Waals surface area (Å²) in [5, 5.41) is 0. The van der Waals surface area contributed by atoms with Crippen molar-refractivity contribution in [2.75, 3.05) is 6.26 Å². The van der Waals surface area contributed by atoms with Crippen molar-refractivity contribution in [2.24, 2.45) is 0 Å².